The van der Waals surface area contributed by atoms with Crippen molar-refractivity contribution in [2.45, 2.75) is 13.0 Å². The highest BCUT2D eigenvalue weighted by Crippen LogP contribution is 2.24. The van der Waals surface area contributed by atoms with Crippen LogP contribution in [0.5, 0.6) is 0 Å². The number of hydrogen-bond acceptors (Lipinski definition) is 2. The molecule has 12 heavy (non-hydrogen) atoms. The molecule has 66 valence electrons. The number of hydrazine groups is 1. The van der Waals surface area contributed by atoms with E-state index < -0.39 is 0 Å². The predicted molar refractivity (Wildman–Crippen MR) is 51.8 cm³/mol. The lowest BCUT2D eigenvalue weighted by Crippen LogP contribution is -2.29. The minimum atomic E-state index is 0.152. The minimum Gasteiger partial charge on any atom is -0.268 e. The highest BCUT2D eigenvalue weighted by Gasteiger charge is 2.10. The van der Waals surface area contributed by atoms with Crippen LogP contribution in [0.25, 0.3) is 0 Å². The fourth-order valence-electron chi connectivity index (χ4n) is 1.03. The fourth-order valence-corrected chi connectivity index (χ4v) is 1.33. The molecule has 0 aromatic heterocycles. The molecule has 1 aromatic rings. The molecule has 0 radical (unpaired) electrons. The summed E-state index contributed by atoms with van der Waals surface area (Å²) in [7, 11) is 1.83. The van der Waals surface area contributed by atoms with Crippen LogP contribution in [0.4, 0.5) is 0 Å². The van der Waals surface area contributed by atoms with Gasteiger partial charge in [-0.3, -0.25) is 5.84 Å². The average Bonchev–Trinajstić information content (AvgIpc) is 2.04. The molecule has 0 heterocycles. The molecule has 2 nitrogen and oxygen atoms in total. The molecule has 0 saturated heterocycles. The third kappa shape index (κ3) is 1.97. The Morgan fingerprint density at radius 2 is 2.00 bits per heavy atom. The van der Waals surface area contributed by atoms with Crippen molar-refractivity contribution in [2.75, 3.05) is 7.05 Å². The van der Waals surface area contributed by atoms with Crippen molar-refractivity contribution >= 4 is 11.6 Å². The maximum atomic E-state index is 5.98. The zero-order valence-electron chi connectivity index (χ0n) is 7.29. The molecule has 0 aliphatic heterocycles. The average molecular weight is 185 g/mol. The third-order valence-corrected chi connectivity index (χ3v) is 2.31. The monoisotopic (exact) mass is 184 g/mol. The van der Waals surface area contributed by atoms with Gasteiger partial charge in [0.25, 0.3) is 0 Å². The Morgan fingerprint density at radius 1 is 1.42 bits per heavy atom. The number of hydrogen-bond donors (Lipinski definition) is 1. The molecule has 2 N–H and O–H groups in total. The first kappa shape index (κ1) is 9.52. The van der Waals surface area contributed by atoms with E-state index in [1.165, 1.54) is 0 Å². The van der Waals surface area contributed by atoms with E-state index >= 15 is 0 Å². The number of halogens is 1. The van der Waals surface area contributed by atoms with Gasteiger partial charge in [-0.2, -0.15) is 0 Å². The Bertz CT molecular complexity index is 260. The zero-order chi connectivity index (χ0) is 9.14. The molecule has 0 aliphatic carbocycles. The Labute approximate surface area is 77.9 Å². The molecular weight excluding hydrogens is 172 g/mol. The molecule has 0 fully saturated rings. The number of rotatable bonds is 2. The van der Waals surface area contributed by atoms with Crippen molar-refractivity contribution in [2.24, 2.45) is 5.84 Å². The first-order valence-corrected chi connectivity index (χ1v) is 4.22. The SMILES string of the molecule is CC(c1ccccc1Cl)N(C)N. The lowest BCUT2D eigenvalue weighted by molar-refractivity contribution is 0.270. The largest absolute Gasteiger partial charge is 0.268 e. The summed E-state index contributed by atoms with van der Waals surface area (Å²) in [5.74, 6) is 5.61. The molecular formula is C9H13ClN2. The van der Waals surface area contributed by atoms with Crippen LogP contribution in [0.15, 0.2) is 24.3 Å². The molecule has 3 heteroatoms. The van der Waals surface area contributed by atoms with Gasteiger partial charge >= 0.3 is 0 Å². The van der Waals surface area contributed by atoms with Gasteiger partial charge < -0.3 is 0 Å². The van der Waals surface area contributed by atoms with E-state index in [-0.39, 0.29) is 6.04 Å². The summed E-state index contributed by atoms with van der Waals surface area (Å²) < 4.78 is 0. The highest BCUT2D eigenvalue weighted by molar-refractivity contribution is 6.31. The predicted octanol–water partition coefficient (Wildman–Crippen LogP) is 2.21. The van der Waals surface area contributed by atoms with E-state index in [9.17, 15) is 0 Å². The Kier molecular flexibility index (Phi) is 3.09. The summed E-state index contributed by atoms with van der Waals surface area (Å²) in [5.41, 5.74) is 1.06. The summed E-state index contributed by atoms with van der Waals surface area (Å²) in [6, 6.07) is 7.88. The first-order chi connectivity index (χ1) is 5.63. The standard InChI is InChI=1S/C9H13ClN2/c1-7(12(2)11)8-5-3-4-6-9(8)10/h3-7H,11H2,1-2H3. The summed E-state index contributed by atoms with van der Waals surface area (Å²) in [5, 5.41) is 2.41. The van der Waals surface area contributed by atoms with Gasteiger partial charge in [-0.15, -0.1) is 0 Å². The second-order valence-electron chi connectivity index (χ2n) is 2.86. The summed E-state index contributed by atoms with van der Waals surface area (Å²) in [4.78, 5) is 0. The van der Waals surface area contributed by atoms with E-state index in [1.807, 2.05) is 38.2 Å². The molecule has 1 aromatic carbocycles. The van der Waals surface area contributed by atoms with Crippen molar-refractivity contribution in [3.63, 3.8) is 0 Å². The van der Waals surface area contributed by atoms with Crippen LogP contribution in [-0.4, -0.2) is 12.1 Å². The maximum absolute atomic E-state index is 5.98. The highest BCUT2D eigenvalue weighted by atomic mass is 35.5. The van der Waals surface area contributed by atoms with Crippen LogP contribution >= 0.6 is 11.6 Å². The summed E-state index contributed by atoms with van der Waals surface area (Å²) in [6.45, 7) is 2.02. The van der Waals surface area contributed by atoms with Gasteiger partial charge in [-0.05, 0) is 18.6 Å². The maximum Gasteiger partial charge on any atom is 0.0473 e. The summed E-state index contributed by atoms with van der Waals surface area (Å²) in [6.07, 6.45) is 0. The molecule has 1 rings (SSSR count). The van der Waals surface area contributed by atoms with E-state index in [1.54, 1.807) is 5.01 Å². The Balaban J connectivity index is 2.94. The number of nitrogens with two attached hydrogens (primary N) is 1. The van der Waals surface area contributed by atoms with Gasteiger partial charge in [0.2, 0.25) is 0 Å². The van der Waals surface area contributed by atoms with E-state index in [4.69, 9.17) is 17.4 Å². The Morgan fingerprint density at radius 3 is 2.50 bits per heavy atom. The van der Waals surface area contributed by atoms with E-state index in [0.717, 1.165) is 10.6 Å². The number of nitrogens with zero attached hydrogens (tertiary/aromatic N) is 1. The van der Waals surface area contributed by atoms with Crippen LogP contribution < -0.4 is 5.84 Å². The molecule has 0 amide bonds. The zero-order valence-corrected chi connectivity index (χ0v) is 8.05. The van der Waals surface area contributed by atoms with Crippen molar-refractivity contribution in [3.05, 3.63) is 34.9 Å². The summed E-state index contributed by atoms with van der Waals surface area (Å²) >= 11 is 5.98. The van der Waals surface area contributed by atoms with Crippen LogP contribution in [0, 0.1) is 0 Å². The molecule has 0 aliphatic rings. The van der Waals surface area contributed by atoms with Crippen LogP contribution in [0.3, 0.4) is 0 Å². The molecule has 1 atom stereocenters. The number of benzene rings is 1. The molecule has 1 unspecified atom stereocenters. The lowest BCUT2D eigenvalue weighted by Gasteiger charge is -2.20. The molecule has 0 saturated carbocycles. The fraction of sp³-hybridized carbons (Fsp3) is 0.333. The first-order valence-electron chi connectivity index (χ1n) is 3.85. The van der Waals surface area contributed by atoms with Gasteiger partial charge in [0.1, 0.15) is 0 Å². The van der Waals surface area contributed by atoms with Gasteiger partial charge in [0.05, 0.1) is 0 Å². The smallest absolute Gasteiger partial charge is 0.0473 e. The third-order valence-electron chi connectivity index (χ3n) is 1.97. The van der Waals surface area contributed by atoms with Gasteiger partial charge in [-0.25, -0.2) is 5.01 Å². The molecule has 0 spiro atoms. The van der Waals surface area contributed by atoms with Gasteiger partial charge in [0, 0.05) is 18.1 Å². The van der Waals surface area contributed by atoms with Crippen molar-refractivity contribution in [1.82, 2.24) is 5.01 Å². The van der Waals surface area contributed by atoms with Gasteiger partial charge in [-0.1, -0.05) is 29.8 Å². The second-order valence-corrected chi connectivity index (χ2v) is 3.27. The van der Waals surface area contributed by atoms with Crippen molar-refractivity contribution in [1.29, 1.82) is 0 Å². The van der Waals surface area contributed by atoms with E-state index in [2.05, 4.69) is 0 Å². The van der Waals surface area contributed by atoms with Crippen LogP contribution in [0.2, 0.25) is 5.02 Å². The lowest BCUT2D eigenvalue weighted by atomic mass is 10.1. The topological polar surface area (TPSA) is 29.3 Å². The van der Waals surface area contributed by atoms with Gasteiger partial charge in [0.15, 0.2) is 0 Å². The second kappa shape index (κ2) is 3.90. The normalized spacial score (nSPS) is 13.4. The minimum absolute atomic E-state index is 0.152. The Hall–Kier alpha value is -0.570. The quantitative estimate of drug-likeness (QED) is 0.564. The molecule has 0 bridgehead atoms. The van der Waals surface area contributed by atoms with Crippen LogP contribution in [0.1, 0.15) is 18.5 Å². The van der Waals surface area contributed by atoms with Crippen molar-refractivity contribution < 1.29 is 0 Å². The van der Waals surface area contributed by atoms with Crippen molar-refractivity contribution in [3.8, 4) is 0 Å². The van der Waals surface area contributed by atoms with Crippen LogP contribution in [-0.2, 0) is 0 Å². The van der Waals surface area contributed by atoms with E-state index in [0.29, 0.717) is 0 Å².